The molecule has 1 aromatic heterocycles. The van der Waals surface area contributed by atoms with E-state index in [1.54, 1.807) is 7.11 Å². The van der Waals surface area contributed by atoms with Crippen LogP contribution in [0.4, 0.5) is 0 Å². The topological polar surface area (TPSA) is 63.9 Å². The van der Waals surface area contributed by atoms with Crippen molar-refractivity contribution in [3.05, 3.63) is 34.8 Å². The molecule has 0 aliphatic rings. The molecule has 2 rings (SSSR count). The van der Waals surface area contributed by atoms with Crippen LogP contribution in [0.2, 0.25) is 0 Å². The van der Waals surface area contributed by atoms with Crippen molar-refractivity contribution in [2.24, 2.45) is 5.73 Å². The van der Waals surface area contributed by atoms with Crippen LogP contribution in [-0.2, 0) is 6.54 Å². The highest BCUT2D eigenvalue weighted by Gasteiger charge is 2.12. The van der Waals surface area contributed by atoms with Gasteiger partial charge in [-0.05, 0) is 44.0 Å². The number of nitrogens with zero attached hydrogens (tertiary/aromatic N) is 1. The zero-order chi connectivity index (χ0) is 13.3. The highest BCUT2D eigenvalue weighted by molar-refractivity contribution is 5.66. The zero-order valence-corrected chi connectivity index (χ0v) is 11.3. The number of nitrogens with one attached hydrogen (secondary N) is 1. The van der Waals surface area contributed by atoms with Crippen LogP contribution in [0.25, 0.3) is 11.3 Å². The van der Waals surface area contributed by atoms with Crippen molar-refractivity contribution < 1.29 is 4.74 Å². The summed E-state index contributed by atoms with van der Waals surface area (Å²) in [6, 6.07) is 4.19. The summed E-state index contributed by atoms with van der Waals surface area (Å²) in [4.78, 5) is 7.71. The fourth-order valence-corrected chi connectivity index (χ4v) is 2.31. The molecule has 1 aromatic carbocycles. The molecule has 1 heterocycles. The first-order chi connectivity index (χ1) is 8.56. The molecular formula is C14H19N3O. The first-order valence-electron chi connectivity index (χ1n) is 5.98. The number of methoxy groups -OCH3 is 1. The third kappa shape index (κ3) is 2.11. The summed E-state index contributed by atoms with van der Waals surface area (Å²) in [6.45, 7) is 6.52. The van der Waals surface area contributed by atoms with Crippen LogP contribution in [0.1, 0.15) is 22.6 Å². The van der Waals surface area contributed by atoms with Crippen LogP contribution in [0.3, 0.4) is 0 Å². The third-order valence-electron chi connectivity index (χ3n) is 3.06. The Morgan fingerprint density at radius 3 is 2.28 bits per heavy atom. The molecule has 0 spiro atoms. The molecule has 4 heteroatoms. The Morgan fingerprint density at radius 2 is 1.83 bits per heavy atom. The number of aromatic nitrogens is 2. The van der Waals surface area contributed by atoms with Crippen LogP contribution in [0, 0.1) is 20.8 Å². The number of imidazole rings is 1. The van der Waals surface area contributed by atoms with Crippen molar-refractivity contribution in [1.29, 1.82) is 0 Å². The van der Waals surface area contributed by atoms with Crippen molar-refractivity contribution in [2.75, 3.05) is 7.11 Å². The summed E-state index contributed by atoms with van der Waals surface area (Å²) >= 11 is 0. The summed E-state index contributed by atoms with van der Waals surface area (Å²) < 4.78 is 5.38. The summed E-state index contributed by atoms with van der Waals surface area (Å²) in [5.74, 6) is 1.75. The largest absolute Gasteiger partial charge is 0.496 e. The Hall–Kier alpha value is -1.81. The van der Waals surface area contributed by atoms with Gasteiger partial charge >= 0.3 is 0 Å². The van der Waals surface area contributed by atoms with E-state index >= 15 is 0 Å². The smallest absolute Gasteiger partial charge is 0.124 e. The average molecular weight is 245 g/mol. The molecule has 0 fully saturated rings. The van der Waals surface area contributed by atoms with Gasteiger partial charge in [-0.15, -0.1) is 0 Å². The number of hydrogen-bond donors (Lipinski definition) is 2. The highest BCUT2D eigenvalue weighted by atomic mass is 16.5. The fraction of sp³-hybridized carbons (Fsp3) is 0.357. The van der Waals surface area contributed by atoms with E-state index in [9.17, 15) is 0 Å². The standard InChI is InChI=1S/C14H19N3O/c1-8-5-11(6-9(2)14(8)18-4)13-10(3)16-12(7-15)17-13/h5-6H,7,15H2,1-4H3,(H,16,17). The predicted molar refractivity (Wildman–Crippen MR) is 72.7 cm³/mol. The van der Waals surface area contributed by atoms with Gasteiger partial charge < -0.3 is 15.5 Å². The minimum absolute atomic E-state index is 0.426. The molecule has 0 unspecified atom stereocenters. The van der Waals surface area contributed by atoms with Gasteiger partial charge in [-0.1, -0.05) is 0 Å². The van der Waals surface area contributed by atoms with Gasteiger partial charge in [0, 0.05) is 11.3 Å². The van der Waals surface area contributed by atoms with E-state index in [4.69, 9.17) is 10.5 Å². The lowest BCUT2D eigenvalue weighted by Crippen LogP contribution is -1.98. The van der Waals surface area contributed by atoms with Gasteiger partial charge in [0.2, 0.25) is 0 Å². The maximum Gasteiger partial charge on any atom is 0.124 e. The Bertz CT molecular complexity index is 549. The van der Waals surface area contributed by atoms with Crippen LogP contribution < -0.4 is 10.5 Å². The highest BCUT2D eigenvalue weighted by Crippen LogP contribution is 2.30. The Kier molecular flexibility index (Phi) is 3.39. The Morgan fingerprint density at radius 1 is 1.22 bits per heavy atom. The van der Waals surface area contributed by atoms with Gasteiger partial charge in [0.15, 0.2) is 0 Å². The Labute approximate surface area is 107 Å². The molecule has 0 bridgehead atoms. The molecule has 0 amide bonds. The monoisotopic (exact) mass is 245 g/mol. The first kappa shape index (κ1) is 12.6. The van der Waals surface area contributed by atoms with Crippen molar-refractivity contribution >= 4 is 0 Å². The zero-order valence-electron chi connectivity index (χ0n) is 11.3. The van der Waals surface area contributed by atoms with E-state index in [1.165, 1.54) is 0 Å². The molecule has 4 nitrogen and oxygen atoms in total. The van der Waals surface area contributed by atoms with Gasteiger partial charge in [-0.3, -0.25) is 0 Å². The van der Waals surface area contributed by atoms with E-state index in [1.807, 2.05) is 20.8 Å². The van der Waals surface area contributed by atoms with Crippen LogP contribution in [0.5, 0.6) is 5.75 Å². The third-order valence-corrected chi connectivity index (χ3v) is 3.06. The second-order valence-corrected chi connectivity index (χ2v) is 4.50. The van der Waals surface area contributed by atoms with Crippen LogP contribution in [0.15, 0.2) is 12.1 Å². The van der Waals surface area contributed by atoms with Gasteiger partial charge in [0.25, 0.3) is 0 Å². The molecule has 0 saturated heterocycles. The number of hydrogen-bond acceptors (Lipinski definition) is 3. The molecule has 0 aliphatic heterocycles. The first-order valence-corrected chi connectivity index (χ1v) is 5.98. The molecule has 0 aliphatic carbocycles. The van der Waals surface area contributed by atoms with Crippen molar-refractivity contribution in [3.8, 4) is 17.0 Å². The molecular weight excluding hydrogens is 226 g/mol. The number of benzene rings is 1. The van der Waals surface area contributed by atoms with Crippen LogP contribution >= 0.6 is 0 Å². The van der Waals surface area contributed by atoms with Crippen molar-refractivity contribution in [2.45, 2.75) is 27.3 Å². The molecule has 0 saturated carbocycles. The van der Waals surface area contributed by atoms with Gasteiger partial charge in [0.05, 0.1) is 19.3 Å². The second kappa shape index (κ2) is 4.82. The normalized spacial score (nSPS) is 10.7. The van der Waals surface area contributed by atoms with Gasteiger partial charge in [-0.2, -0.15) is 0 Å². The number of aromatic amines is 1. The number of aryl methyl sites for hydroxylation is 3. The van der Waals surface area contributed by atoms with Crippen molar-refractivity contribution in [1.82, 2.24) is 9.97 Å². The Balaban J connectivity index is 2.54. The average Bonchev–Trinajstić information content (AvgIpc) is 2.70. The number of H-pyrrole nitrogens is 1. The van der Waals surface area contributed by atoms with Gasteiger partial charge in [-0.25, -0.2) is 4.98 Å². The summed E-state index contributed by atoms with van der Waals surface area (Å²) in [7, 11) is 1.70. The maximum absolute atomic E-state index is 5.60. The quantitative estimate of drug-likeness (QED) is 0.873. The lowest BCUT2D eigenvalue weighted by atomic mass is 10.0. The minimum atomic E-state index is 0.426. The van der Waals surface area contributed by atoms with E-state index in [-0.39, 0.29) is 0 Å². The lowest BCUT2D eigenvalue weighted by Gasteiger charge is -2.10. The minimum Gasteiger partial charge on any atom is -0.496 e. The van der Waals surface area contributed by atoms with Crippen LogP contribution in [-0.4, -0.2) is 17.1 Å². The van der Waals surface area contributed by atoms with Gasteiger partial charge in [0.1, 0.15) is 11.6 Å². The summed E-state index contributed by atoms with van der Waals surface area (Å²) in [6.07, 6.45) is 0. The van der Waals surface area contributed by atoms with Crippen molar-refractivity contribution in [3.63, 3.8) is 0 Å². The number of nitrogens with two attached hydrogens (primary N) is 1. The summed E-state index contributed by atoms with van der Waals surface area (Å²) in [5.41, 5.74) is 10.9. The van der Waals surface area contributed by atoms with E-state index < -0.39 is 0 Å². The maximum atomic E-state index is 5.60. The molecule has 96 valence electrons. The summed E-state index contributed by atoms with van der Waals surface area (Å²) in [5, 5.41) is 0. The predicted octanol–water partition coefficient (Wildman–Crippen LogP) is 2.47. The lowest BCUT2D eigenvalue weighted by molar-refractivity contribution is 0.408. The number of ether oxygens (including phenoxy) is 1. The van der Waals surface area contributed by atoms with E-state index in [0.29, 0.717) is 6.54 Å². The molecule has 18 heavy (non-hydrogen) atoms. The molecule has 2 aromatic rings. The molecule has 0 radical (unpaired) electrons. The fourth-order valence-electron chi connectivity index (χ4n) is 2.31. The SMILES string of the molecule is COc1c(C)cc(-c2nc(CN)[nH]c2C)cc1C. The van der Waals surface area contributed by atoms with E-state index in [0.717, 1.165) is 39.7 Å². The molecule has 0 atom stereocenters. The number of rotatable bonds is 3. The second-order valence-electron chi connectivity index (χ2n) is 4.50. The molecule has 3 N–H and O–H groups in total. The van der Waals surface area contributed by atoms with E-state index in [2.05, 4.69) is 22.1 Å².